The molecule has 2 aromatic carbocycles. The van der Waals surface area contributed by atoms with Gasteiger partial charge in [0.05, 0.1) is 23.4 Å². The maximum Gasteiger partial charge on any atom is 0.265 e. The van der Waals surface area contributed by atoms with E-state index in [4.69, 9.17) is 4.74 Å². The van der Waals surface area contributed by atoms with Gasteiger partial charge in [0.2, 0.25) is 5.91 Å². The SMILES string of the molecule is Cc1ccc2c(c1)C(=O)N([C@H](C)C(=O)N1C[C@H](C(=O)N(C)C)Oc3ccccc31)C2=O. The molecule has 4 amide bonds. The molecule has 8 heteroatoms. The third kappa shape index (κ3) is 3.34. The number of benzene rings is 2. The second kappa shape index (κ2) is 7.54. The van der Waals surface area contributed by atoms with Crippen molar-refractivity contribution >= 4 is 29.3 Å². The van der Waals surface area contributed by atoms with Crippen molar-refractivity contribution in [2.45, 2.75) is 26.0 Å². The molecule has 0 radical (unpaired) electrons. The van der Waals surface area contributed by atoms with Crippen LogP contribution in [0.15, 0.2) is 42.5 Å². The van der Waals surface area contributed by atoms with Crippen LogP contribution in [0.3, 0.4) is 0 Å². The minimum atomic E-state index is -1.05. The number of likely N-dealkylation sites (N-methyl/N-ethyl adjacent to an activating group) is 1. The summed E-state index contributed by atoms with van der Waals surface area (Å²) in [6.07, 6.45) is -0.883. The Kier molecular flexibility index (Phi) is 5.00. The summed E-state index contributed by atoms with van der Waals surface area (Å²) in [6, 6.07) is 10.9. The van der Waals surface area contributed by atoms with E-state index >= 15 is 0 Å². The van der Waals surface area contributed by atoms with Crippen LogP contribution in [0.5, 0.6) is 5.75 Å². The van der Waals surface area contributed by atoms with Crippen molar-refractivity contribution in [2.24, 2.45) is 0 Å². The normalized spacial score (nSPS) is 18.3. The molecule has 0 aliphatic carbocycles. The van der Waals surface area contributed by atoms with Gasteiger partial charge >= 0.3 is 0 Å². The van der Waals surface area contributed by atoms with Crippen LogP contribution >= 0.6 is 0 Å². The van der Waals surface area contributed by atoms with Crippen LogP contribution < -0.4 is 9.64 Å². The highest BCUT2D eigenvalue weighted by Gasteiger charge is 2.44. The molecule has 0 unspecified atom stereocenters. The highest BCUT2D eigenvalue weighted by atomic mass is 16.5. The number of amides is 4. The number of imide groups is 1. The first-order valence-corrected chi connectivity index (χ1v) is 9.97. The number of nitrogens with zero attached hydrogens (tertiary/aromatic N) is 3. The van der Waals surface area contributed by atoms with Crippen LogP contribution in [0.1, 0.15) is 33.2 Å². The second-order valence-corrected chi connectivity index (χ2v) is 7.96. The fourth-order valence-corrected chi connectivity index (χ4v) is 3.92. The Morgan fingerprint density at radius 1 is 1.06 bits per heavy atom. The third-order valence-corrected chi connectivity index (χ3v) is 5.57. The van der Waals surface area contributed by atoms with Gasteiger partial charge in [0.25, 0.3) is 17.7 Å². The Bertz CT molecular complexity index is 1110. The molecule has 0 bridgehead atoms. The fraction of sp³-hybridized carbons (Fsp3) is 0.304. The molecule has 2 heterocycles. The Balaban J connectivity index is 1.66. The van der Waals surface area contributed by atoms with Crippen molar-refractivity contribution in [1.29, 1.82) is 0 Å². The molecule has 0 saturated heterocycles. The standard InChI is InChI=1S/C23H23N3O5/c1-13-9-10-15-16(11-13)22(29)26(21(15)28)14(2)20(27)25-12-19(23(30)24(3)4)31-18-8-6-5-7-17(18)25/h5-11,14,19H,12H2,1-4H3/t14-,19-/m1/s1. The number of carbonyl (C=O) groups excluding carboxylic acids is 4. The molecule has 4 rings (SSSR count). The van der Waals surface area contributed by atoms with Crippen LogP contribution in [0.2, 0.25) is 0 Å². The van der Waals surface area contributed by atoms with E-state index in [1.54, 1.807) is 56.6 Å². The summed E-state index contributed by atoms with van der Waals surface area (Å²) in [4.78, 5) is 55.7. The number of para-hydroxylation sites is 2. The van der Waals surface area contributed by atoms with E-state index in [9.17, 15) is 19.2 Å². The van der Waals surface area contributed by atoms with Crippen LogP contribution in [0.4, 0.5) is 5.69 Å². The van der Waals surface area contributed by atoms with Gasteiger partial charge in [-0.15, -0.1) is 0 Å². The Hall–Kier alpha value is -3.68. The van der Waals surface area contributed by atoms with Gasteiger partial charge in [-0.05, 0) is 38.1 Å². The van der Waals surface area contributed by atoms with Crippen molar-refractivity contribution in [2.75, 3.05) is 25.5 Å². The Morgan fingerprint density at radius 2 is 1.74 bits per heavy atom. The Labute approximate surface area is 180 Å². The van der Waals surface area contributed by atoms with Gasteiger partial charge in [-0.25, -0.2) is 0 Å². The summed E-state index contributed by atoms with van der Waals surface area (Å²) in [5.41, 5.74) is 1.94. The molecule has 2 aliphatic heterocycles. The third-order valence-electron chi connectivity index (χ3n) is 5.57. The number of hydrogen-bond donors (Lipinski definition) is 0. The zero-order valence-corrected chi connectivity index (χ0v) is 17.8. The number of anilines is 1. The van der Waals surface area contributed by atoms with E-state index in [0.717, 1.165) is 10.5 Å². The van der Waals surface area contributed by atoms with Gasteiger partial charge in [0.15, 0.2) is 6.10 Å². The molecular formula is C23H23N3O5. The quantitative estimate of drug-likeness (QED) is 0.706. The lowest BCUT2D eigenvalue weighted by Crippen LogP contribution is -2.55. The van der Waals surface area contributed by atoms with E-state index in [1.807, 2.05) is 6.92 Å². The highest BCUT2D eigenvalue weighted by molar-refractivity contribution is 6.23. The molecule has 160 valence electrons. The number of hydrogen-bond acceptors (Lipinski definition) is 5. The minimum absolute atomic E-state index is 0.0144. The van der Waals surface area contributed by atoms with E-state index in [2.05, 4.69) is 0 Å². The van der Waals surface area contributed by atoms with Crippen molar-refractivity contribution in [3.05, 3.63) is 59.2 Å². The zero-order valence-electron chi connectivity index (χ0n) is 17.8. The summed E-state index contributed by atoms with van der Waals surface area (Å²) in [6.45, 7) is 3.35. The topological polar surface area (TPSA) is 87.2 Å². The average Bonchev–Trinajstić information content (AvgIpc) is 3.00. The Morgan fingerprint density at radius 3 is 2.45 bits per heavy atom. The zero-order chi connectivity index (χ0) is 22.4. The van der Waals surface area contributed by atoms with Crippen LogP contribution in [0.25, 0.3) is 0 Å². The first-order chi connectivity index (χ1) is 14.7. The number of ether oxygens (including phenoxy) is 1. The van der Waals surface area contributed by atoms with Gasteiger partial charge in [0, 0.05) is 14.1 Å². The molecule has 0 saturated carbocycles. The van der Waals surface area contributed by atoms with E-state index in [0.29, 0.717) is 22.6 Å². The molecule has 0 N–H and O–H groups in total. The average molecular weight is 421 g/mol. The maximum absolute atomic E-state index is 13.5. The number of fused-ring (bicyclic) bond motifs is 2. The molecule has 8 nitrogen and oxygen atoms in total. The van der Waals surface area contributed by atoms with Gasteiger partial charge in [-0.1, -0.05) is 23.8 Å². The van der Waals surface area contributed by atoms with Crippen molar-refractivity contribution in [1.82, 2.24) is 9.80 Å². The first kappa shape index (κ1) is 20.6. The van der Waals surface area contributed by atoms with E-state index < -0.39 is 29.9 Å². The minimum Gasteiger partial charge on any atom is -0.476 e. The fourth-order valence-electron chi connectivity index (χ4n) is 3.92. The van der Waals surface area contributed by atoms with Crippen LogP contribution in [-0.4, -0.2) is 66.2 Å². The molecule has 0 aromatic heterocycles. The first-order valence-electron chi connectivity index (χ1n) is 9.97. The smallest absolute Gasteiger partial charge is 0.265 e. The molecule has 2 atom stereocenters. The number of aryl methyl sites for hydroxylation is 1. The largest absolute Gasteiger partial charge is 0.476 e. The van der Waals surface area contributed by atoms with Gasteiger partial charge < -0.3 is 14.5 Å². The van der Waals surface area contributed by atoms with Crippen molar-refractivity contribution < 1.29 is 23.9 Å². The number of carbonyl (C=O) groups is 4. The predicted molar refractivity (Wildman–Crippen MR) is 113 cm³/mol. The van der Waals surface area contributed by atoms with Gasteiger partial charge in [0.1, 0.15) is 11.8 Å². The predicted octanol–water partition coefficient (Wildman–Crippen LogP) is 1.86. The lowest BCUT2D eigenvalue weighted by molar-refractivity contribution is -0.136. The summed E-state index contributed by atoms with van der Waals surface area (Å²) in [5.74, 6) is -1.34. The van der Waals surface area contributed by atoms with Crippen LogP contribution in [-0.2, 0) is 9.59 Å². The summed E-state index contributed by atoms with van der Waals surface area (Å²) >= 11 is 0. The molecule has 0 spiro atoms. The second-order valence-electron chi connectivity index (χ2n) is 7.96. The van der Waals surface area contributed by atoms with Gasteiger partial charge in [-0.2, -0.15) is 0 Å². The van der Waals surface area contributed by atoms with Crippen molar-refractivity contribution in [3.8, 4) is 5.75 Å². The summed E-state index contributed by atoms with van der Waals surface area (Å²) in [7, 11) is 3.23. The number of rotatable bonds is 3. The highest BCUT2D eigenvalue weighted by Crippen LogP contribution is 2.35. The van der Waals surface area contributed by atoms with E-state index in [1.165, 1.54) is 16.7 Å². The lowest BCUT2D eigenvalue weighted by Gasteiger charge is -2.37. The molecule has 2 aromatic rings. The van der Waals surface area contributed by atoms with E-state index in [-0.39, 0.29) is 12.5 Å². The summed E-state index contributed by atoms with van der Waals surface area (Å²) < 4.78 is 5.81. The van der Waals surface area contributed by atoms with Crippen LogP contribution in [0, 0.1) is 6.92 Å². The molecule has 31 heavy (non-hydrogen) atoms. The van der Waals surface area contributed by atoms with Crippen molar-refractivity contribution in [3.63, 3.8) is 0 Å². The monoisotopic (exact) mass is 421 g/mol. The maximum atomic E-state index is 13.5. The summed E-state index contributed by atoms with van der Waals surface area (Å²) in [5, 5.41) is 0. The molecule has 0 fully saturated rings. The lowest BCUT2D eigenvalue weighted by atomic mass is 10.1. The molecule has 2 aliphatic rings. The van der Waals surface area contributed by atoms with Gasteiger partial charge in [-0.3, -0.25) is 24.1 Å². The molecular weight excluding hydrogens is 398 g/mol.